The molecule has 0 saturated heterocycles. The zero-order valence-corrected chi connectivity index (χ0v) is 9.07. The van der Waals surface area contributed by atoms with E-state index in [4.69, 9.17) is 10.2 Å². The van der Waals surface area contributed by atoms with Crippen LogP contribution in [0.5, 0.6) is 0 Å². The van der Waals surface area contributed by atoms with Crippen molar-refractivity contribution in [3.63, 3.8) is 0 Å². The normalized spacial score (nSPS) is 10.4. The Hall–Kier alpha value is -0.950. The number of hydrogen-bond donors (Lipinski definition) is 2. The van der Waals surface area contributed by atoms with Crippen LogP contribution in [0, 0.1) is 6.92 Å². The first-order chi connectivity index (χ1) is 6.91. The molecule has 5 nitrogen and oxygen atoms in total. The van der Waals surface area contributed by atoms with Gasteiger partial charge in [-0.3, -0.25) is 0 Å². The van der Waals surface area contributed by atoms with Crippen molar-refractivity contribution in [2.24, 2.45) is 0 Å². The number of aryl methyl sites for hydroxylation is 1. The van der Waals surface area contributed by atoms with E-state index in [-0.39, 0.29) is 18.1 Å². The second-order valence-electron chi connectivity index (χ2n) is 2.71. The van der Waals surface area contributed by atoms with E-state index in [0.29, 0.717) is 0 Å². The van der Waals surface area contributed by atoms with E-state index in [0.717, 1.165) is 5.56 Å². The Bertz CT molecular complexity index is 366. The molecular weight excluding hydrogens is 220 g/mol. The van der Waals surface area contributed by atoms with E-state index < -0.39 is 10.1 Å². The van der Waals surface area contributed by atoms with E-state index in [1.807, 2.05) is 6.92 Å². The molecule has 15 heavy (non-hydrogen) atoms. The highest BCUT2D eigenvalue weighted by Crippen LogP contribution is 2.08. The molecule has 1 rings (SSSR count). The highest BCUT2D eigenvalue weighted by molar-refractivity contribution is 7.85. The summed E-state index contributed by atoms with van der Waals surface area (Å²) in [7, 11) is -4.27. The van der Waals surface area contributed by atoms with Crippen molar-refractivity contribution in [2.45, 2.75) is 11.8 Å². The zero-order valence-electron chi connectivity index (χ0n) is 8.25. The molecule has 0 radical (unpaired) electrons. The lowest BCUT2D eigenvalue weighted by Gasteiger charge is -2.05. The van der Waals surface area contributed by atoms with Gasteiger partial charge in [-0.1, -0.05) is 17.7 Å². The third kappa shape index (κ3) is 6.19. The van der Waals surface area contributed by atoms with Gasteiger partial charge in [-0.15, -0.1) is 0 Å². The van der Waals surface area contributed by atoms with E-state index in [9.17, 15) is 13.0 Å². The van der Waals surface area contributed by atoms with E-state index in [2.05, 4.69) is 0 Å². The monoisotopic (exact) mass is 233 g/mol. The van der Waals surface area contributed by atoms with Crippen molar-refractivity contribution in [2.75, 3.05) is 13.2 Å². The molecule has 0 saturated carbocycles. The summed E-state index contributed by atoms with van der Waals surface area (Å²) in [5.74, 6) is 0. The van der Waals surface area contributed by atoms with Gasteiger partial charge in [0.05, 0.1) is 18.1 Å². The summed E-state index contributed by atoms with van der Waals surface area (Å²) in [6.45, 7) is 1.57. The van der Waals surface area contributed by atoms with Crippen LogP contribution >= 0.6 is 0 Å². The maximum absolute atomic E-state index is 10.4. The van der Waals surface area contributed by atoms with Gasteiger partial charge in [-0.2, -0.15) is 0 Å². The highest BCUT2D eigenvalue weighted by atomic mass is 32.2. The van der Waals surface area contributed by atoms with Gasteiger partial charge in [-0.25, -0.2) is 8.42 Å². The average Bonchev–Trinajstić information content (AvgIpc) is 2.17. The van der Waals surface area contributed by atoms with Crippen LogP contribution in [0.25, 0.3) is 0 Å². The molecule has 0 heterocycles. The summed E-state index contributed by atoms with van der Waals surface area (Å²) in [6.07, 6.45) is 0. The van der Waals surface area contributed by atoms with Crippen molar-refractivity contribution in [3.05, 3.63) is 29.8 Å². The Morgan fingerprint density at radius 3 is 1.80 bits per heavy atom. The van der Waals surface area contributed by atoms with Crippen LogP contribution < -0.4 is 0 Å². The highest BCUT2D eigenvalue weighted by Gasteiger charge is 1.97. The van der Waals surface area contributed by atoms with Crippen molar-refractivity contribution in [3.8, 4) is 0 Å². The third-order valence-corrected chi connectivity index (χ3v) is 2.26. The van der Waals surface area contributed by atoms with Gasteiger partial charge in [0.1, 0.15) is 10.1 Å². The Balaban J connectivity index is 0.000000423. The van der Waals surface area contributed by atoms with Gasteiger partial charge in [0.2, 0.25) is 0 Å². The largest absolute Gasteiger partial charge is 0.744 e. The Labute approximate surface area is 88.7 Å². The maximum atomic E-state index is 10.4. The molecule has 0 aliphatic rings. The van der Waals surface area contributed by atoms with Crippen molar-refractivity contribution in [1.29, 1.82) is 0 Å². The predicted octanol–water partition coefficient (Wildman–Crippen LogP) is -0.130. The van der Waals surface area contributed by atoms with Gasteiger partial charge >= 0.3 is 0 Å². The average molecular weight is 233 g/mol. The number of aliphatic hydroxyl groups excluding tert-OH is 2. The van der Waals surface area contributed by atoms with Gasteiger partial charge in [0.25, 0.3) is 0 Å². The smallest absolute Gasteiger partial charge is 0.124 e. The zero-order chi connectivity index (χ0) is 11.9. The Kier molecular flexibility index (Phi) is 6.11. The van der Waals surface area contributed by atoms with Crippen LogP contribution in [0.15, 0.2) is 29.2 Å². The standard InChI is InChI=1S/C7H8O3S.C2H6O2/c1-6-2-4-7(5-3-6)11(8,9)10;3-1-2-4/h2-5H,1H3,(H,8,9,10);3-4H,1-2H2/p-1. The fraction of sp³-hybridized carbons (Fsp3) is 0.333. The lowest BCUT2D eigenvalue weighted by molar-refractivity contribution is 0.186. The second kappa shape index (κ2) is 6.52. The minimum atomic E-state index is -4.27. The fourth-order valence-electron chi connectivity index (χ4n) is 0.705. The fourth-order valence-corrected chi connectivity index (χ4v) is 1.17. The molecule has 0 aliphatic carbocycles. The number of benzene rings is 1. The molecule has 0 amide bonds. The summed E-state index contributed by atoms with van der Waals surface area (Å²) in [4.78, 5) is -0.178. The molecule has 2 N–H and O–H groups in total. The molecule has 1 aromatic rings. The first kappa shape index (κ1) is 14.1. The summed E-state index contributed by atoms with van der Waals surface area (Å²) >= 11 is 0. The van der Waals surface area contributed by atoms with Crippen molar-refractivity contribution in [1.82, 2.24) is 0 Å². The number of rotatable bonds is 2. The Morgan fingerprint density at radius 1 is 1.13 bits per heavy atom. The van der Waals surface area contributed by atoms with Crippen LogP contribution in [0.3, 0.4) is 0 Å². The summed E-state index contributed by atoms with van der Waals surface area (Å²) in [6, 6.07) is 5.78. The maximum Gasteiger partial charge on any atom is 0.124 e. The first-order valence-corrected chi connectivity index (χ1v) is 5.57. The molecular formula is C9H13O5S-. The molecule has 0 unspecified atom stereocenters. The van der Waals surface area contributed by atoms with Crippen molar-refractivity contribution < 1.29 is 23.2 Å². The van der Waals surface area contributed by atoms with Gasteiger partial charge < -0.3 is 14.8 Å². The van der Waals surface area contributed by atoms with Gasteiger partial charge in [0, 0.05) is 0 Å². The summed E-state index contributed by atoms with van der Waals surface area (Å²) in [5, 5.41) is 15.2. The van der Waals surface area contributed by atoms with Crippen LogP contribution in [-0.2, 0) is 10.1 Å². The van der Waals surface area contributed by atoms with Gasteiger partial charge in [-0.05, 0) is 19.1 Å². The minimum Gasteiger partial charge on any atom is -0.744 e. The lowest BCUT2D eigenvalue weighted by atomic mass is 10.2. The molecule has 0 spiro atoms. The molecule has 6 heteroatoms. The topological polar surface area (TPSA) is 97.7 Å². The third-order valence-electron chi connectivity index (χ3n) is 1.41. The molecule has 86 valence electrons. The van der Waals surface area contributed by atoms with Crippen LogP contribution in [0.4, 0.5) is 0 Å². The van der Waals surface area contributed by atoms with E-state index in [1.165, 1.54) is 12.1 Å². The summed E-state index contributed by atoms with van der Waals surface area (Å²) < 4.78 is 31.2. The van der Waals surface area contributed by atoms with Crippen LogP contribution in [0.1, 0.15) is 5.56 Å². The predicted molar refractivity (Wildman–Crippen MR) is 53.3 cm³/mol. The molecule has 0 fully saturated rings. The summed E-state index contributed by atoms with van der Waals surface area (Å²) in [5.41, 5.74) is 0.928. The van der Waals surface area contributed by atoms with Crippen LogP contribution in [0.2, 0.25) is 0 Å². The SMILES string of the molecule is Cc1ccc(S(=O)(=O)[O-])cc1.OCCO. The van der Waals surface area contributed by atoms with Crippen molar-refractivity contribution >= 4 is 10.1 Å². The van der Waals surface area contributed by atoms with Gasteiger partial charge in [0.15, 0.2) is 0 Å². The Morgan fingerprint density at radius 2 is 1.53 bits per heavy atom. The van der Waals surface area contributed by atoms with E-state index in [1.54, 1.807) is 12.1 Å². The lowest BCUT2D eigenvalue weighted by Crippen LogP contribution is -1.97. The molecule has 1 aromatic carbocycles. The second-order valence-corrected chi connectivity index (χ2v) is 4.09. The minimum absolute atomic E-state index is 0.125. The number of aliphatic hydroxyl groups is 2. The molecule has 0 bridgehead atoms. The first-order valence-electron chi connectivity index (χ1n) is 4.16. The quantitative estimate of drug-likeness (QED) is 0.693. The molecule has 0 aromatic heterocycles. The van der Waals surface area contributed by atoms with E-state index >= 15 is 0 Å². The van der Waals surface area contributed by atoms with Crippen LogP contribution in [-0.4, -0.2) is 36.4 Å². The molecule has 0 atom stereocenters. The molecule has 0 aliphatic heterocycles. The number of hydrogen-bond acceptors (Lipinski definition) is 5.